The van der Waals surface area contributed by atoms with E-state index in [4.69, 9.17) is 18.2 Å². The first-order valence-corrected chi connectivity index (χ1v) is 20.8. The first kappa shape index (κ1) is 34.5. The minimum Gasteiger partial charge on any atom is -0.456 e. The SMILES string of the molecule is c1ccc(-c2cc(-c3cc4oc(-c5ccc6ccccc6c5)nc4c4ccccc34)ccc2N(c2ccc3oc4ccccc4c3c2)c2cccc3oc4ccccc4c23)cc1. The van der Waals surface area contributed by atoms with E-state index in [-0.39, 0.29) is 0 Å². The Morgan fingerprint density at radius 3 is 1.89 bits per heavy atom. The highest BCUT2D eigenvalue weighted by Crippen LogP contribution is 2.48. The summed E-state index contributed by atoms with van der Waals surface area (Å²) >= 11 is 0. The minimum absolute atomic E-state index is 0.604. The quantitative estimate of drug-likeness (QED) is 0.168. The molecular formula is C57H34N2O3. The Morgan fingerprint density at radius 2 is 1.02 bits per heavy atom. The van der Waals surface area contributed by atoms with Crippen molar-refractivity contribution in [1.82, 2.24) is 4.98 Å². The molecule has 0 unspecified atom stereocenters. The number of para-hydroxylation sites is 2. The van der Waals surface area contributed by atoms with Gasteiger partial charge in [0.2, 0.25) is 5.89 Å². The number of oxazole rings is 1. The summed E-state index contributed by atoms with van der Waals surface area (Å²) in [5.41, 5.74) is 13.3. The highest BCUT2D eigenvalue weighted by molar-refractivity contribution is 6.16. The van der Waals surface area contributed by atoms with Crippen LogP contribution in [0.3, 0.4) is 0 Å². The molecule has 0 radical (unpaired) electrons. The van der Waals surface area contributed by atoms with E-state index < -0.39 is 0 Å². The van der Waals surface area contributed by atoms with E-state index in [0.29, 0.717) is 5.89 Å². The van der Waals surface area contributed by atoms with Crippen molar-refractivity contribution in [3.05, 3.63) is 206 Å². The van der Waals surface area contributed by atoms with Gasteiger partial charge in [0.05, 0.1) is 16.8 Å². The van der Waals surface area contributed by atoms with Crippen LogP contribution in [-0.4, -0.2) is 4.98 Å². The third-order valence-corrected chi connectivity index (χ3v) is 12.3. The summed E-state index contributed by atoms with van der Waals surface area (Å²) in [6, 6.07) is 72.3. The predicted octanol–water partition coefficient (Wildman–Crippen LogP) is 16.4. The van der Waals surface area contributed by atoms with Crippen LogP contribution in [-0.2, 0) is 0 Å². The Bertz CT molecular complexity index is 3890. The van der Waals surface area contributed by atoms with Crippen molar-refractivity contribution in [2.45, 2.75) is 0 Å². The molecule has 0 fully saturated rings. The average molecular weight is 795 g/mol. The van der Waals surface area contributed by atoms with E-state index in [1.807, 2.05) is 24.3 Å². The number of aromatic nitrogens is 1. The van der Waals surface area contributed by atoms with Crippen LogP contribution in [0.1, 0.15) is 0 Å². The Balaban J connectivity index is 1.05. The number of hydrogen-bond donors (Lipinski definition) is 0. The third-order valence-electron chi connectivity index (χ3n) is 12.3. The van der Waals surface area contributed by atoms with Crippen LogP contribution < -0.4 is 4.90 Å². The Morgan fingerprint density at radius 1 is 0.339 bits per heavy atom. The first-order chi connectivity index (χ1) is 30.7. The maximum atomic E-state index is 6.66. The van der Waals surface area contributed by atoms with Crippen molar-refractivity contribution in [1.29, 1.82) is 0 Å². The molecule has 0 aliphatic heterocycles. The van der Waals surface area contributed by atoms with Gasteiger partial charge in [-0.05, 0) is 106 Å². The number of furan rings is 2. The molecule has 0 aliphatic rings. The van der Waals surface area contributed by atoms with Crippen molar-refractivity contribution < 1.29 is 13.3 Å². The highest BCUT2D eigenvalue weighted by atomic mass is 16.3. The minimum atomic E-state index is 0.604. The zero-order chi connectivity index (χ0) is 40.7. The second-order valence-corrected chi connectivity index (χ2v) is 15.9. The molecular weight excluding hydrogens is 761 g/mol. The van der Waals surface area contributed by atoms with Crippen LogP contribution in [0.25, 0.3) is 110 Å². The van der Waals surface area contributed by atoms with Gasteiger partial charge in [-0.15, -0.1) is 0 Å². The molecule has 13 rings (SSSR count). The Labute approximate surface area is 355 Å². The van der Waals surface area contributed by atoms with Gasteiger partial charge in [-0.1, -0.05) is 133 Å². The molecule has 5 nitrogen and oxygen atoms in total. The van der Waals surface area contributed by atoms with Crippen LogP contribution >= 0.6 is 0 Å². The number of hydrogen-bond acceptors (Lipinski definition) is 5. The molecule has 0 saturated heterocycles. The summed E-state index contributed by atoms with van der Waals surface area (Å²) in [6.45, 7) is 0. The second-order valence-electron chi connectivity index (χ2n) is 15.9. The Hall–Kier alpha value is -8.41. The lowest BCUT2D eigenvalue weighted by Crippen LogP contribution is -2.11. The largest absolute Gasteiger partial charge is 0.456 e. The van der Waals surface area contributed by atoms with Gasteiger partial charge in [-0.2, -0.15) is 0 Å². The second kappa shape index (κ2) is 13.6. The lowest BCUT2D eigenvalue weighted by molar-refractivity contribution is 0.620. The van der Waals surface area contributed by atoms with E-state index in [2.05, 4.69) is 187 Å². The molecule has 0 saturated carbocycles. The normalized spacial score (nSPS) is 11.9. The van der Waals surface area contributed by atoms with E-state index in [1.54, 1.807) is 0 Å². The molecule has 0 aliphatic carbocycles. The van der Waals surface area contributed by atoms with Gasteiger partial charge in [0.15, 0.2) is 5.58 Å². The summed E-state index contributed by atoms with van der Waals surface area (Å²) in [5, 5.41) is 8.72. The molecule has 0 amide bonds. The molecule has 5 heteroatoms. The van der Waals surface area contributed by atoms with Crippen molar-refractivity contribution in [2.24, 2.45) is 0 Å². The zero-order valence-corrected chi connectivity index (χ0v) is 33.2. The van der Waals surface area contributed by atoms with E-state index >= 15 is 0 Å². The number of anilines is 3. The van der Waals surface area contributed by atoms with E-state index in [9.17, 15) is 0 Å². The lowest BCUT2D eigenvalue weighted by atomic mass is 9.93. The third kappa shape index (κ3) is 5.38. The van der Waals surface area contributed by atoms with Crippen LogP contribution in [0.15, 0.2) is 220 Å². The zero-order valence-electron chi connectivity index (χ0n) is 33.2. The maximum Gasteiger partial charge on any atom is 0.227 e. The monoisotopic (exact) mass is 794 g/mol. The van der Waals surface area contributed by atoms with Crippen molar-refractivity contribution in [3.8, 4) is 33.7 Å². The van der Waals surface area contributed by atoms with E-state index in [0.717, 1.165) is 116 Å². The number of fused-ring (bicyclic) bond motifs is 10. The lowest BCUT2D eigenvalue weighted by Gasteiger charge is -2.29. The summed E-state index contributed by atoms with van der Waals surface area (Å²) in [5.74, 6) is 0.604. The van der Waals surface area contributed by atoms with Gasteiger partial charge in [0.1, 0.15) is 27.8 Å². The fourth-order valence-electron chi connectivity index (χ4n) is 9.39. The van der Waals surface area contributed by atoms with Crippen LogP contribution in [0.4, 0.5) is 17.1 Å². The molecule has 10 aromatic carbocycles. The van der Waals surface area contributed by atoms with Gasteiger partial charge in [0.25, 0.3) is 0 Å². The smallest absolute Gasteiger partial charge is 0.227 e. The summed E-state index contributed by atoms with van der Waals surface area (Å²) in [6.07, 6.45) is 0. The number of nitrogens with zero attached hydrogens (tertiary/aromatic N) is 2. The molecule has 3 aromatic heterocycles. The molecule has 0 spiro atoms. The topological polar surface area (TPSA) is 55.6 Å². The molecule has 3 heterocycles. The molecule has 0 atom stereocenters. The summed E-state index contributed by atoms with van der Waals surface area (Å²) in [7, 11) is 0. The summed E-state index contributed by atoms with van der Waals surface area (Å²) in [4.78, 5) is 7.49. The fraction of sp³-hybridized carbons (Fsp3) is 0. The van der Waals surface area contributed by atoms with Gasteiger partial charge < -0.3 is 18.2 Å². The average Bonchev–Trinajstić information content (AvgIpc) is 4.06. The highest BCUT2D eigenvalue weighted by Gasteiger charge is 2.24. The Kier molecular flexibility index (Phi) is 7.54. The molecule has 13 aromatic rings. The maximum absolute atomic E-state index is 6.66. The van der Waals surface area contributed by atoms with Crippen molar-refractivity contribution >= 4 is 93.6 Å². The standard InChI is InChI=1S/C57H34N2O3/c1-2-14-36(15-3-1)46-32-38(45-34-54-56(43-19-7-6-17-41(43)45)58-57(62-54)39-26-25-35-13-4-5-16-37(35)31-39)27-29-48(46)59(40-28-30-52-47(33-40)42-18-8-10-22-50(42)60-52)49-21-12-24-53-55(49)44-20-9-11-23-51(44)61-53/h1-34H. The molecule has 0 N–H and O–H groups in total. The van der Waals surface area contributed by atoms with Gasteiger partial charge in [-0.3, -0.25) is 0 Å². The van der Waals surface area contributed by atoms with Crippen LogP contribution in [0, 0.1) is 0 Å². The number of rotatable bonds is 6. The number of benzene rings is 10. The first-order valence-electron chi connectivity index (χ1n) is 20.8. The van der Waals surface area contributed by atoms with E-state index in [1.165, 1.54) is 5.39 Å². The molecule has 0 bridgehead atoms. The van der Waals surface area contributed by atoms with Crippen molar-refractivity contribution in [3.63, 3.8) is 0 Å². The molecule has 62 heavy (non-hydrogen) atoms. The summed E-state index contributed by atoms with van der Waals surface area (Å²) < 4.78 is 19.5. The van der Waals surface area contributed by atoms with Crippen LogP contribution in [0.5, 0.6) is 0 Å². The van der Waals surface area contributed by atoms with Gasteiger partial charge in [-0.25, -0.2) is 4.98 Å². The van der Waals surface area contributed by atoms with Gasteiger partial charge >= 0.3 is 0 Å². The predicted molar refractivity (Wildman–Crippen MR) is 255 cm³/mol. The van der Waals surface area contributed by atoms with Crippen LogP contribution in [0.2, 0.25) is 0 Å². The fourth-order valence-corrected chi connectivity index (χ4v) is 9.39. The van der Waals surface area contributed by atoms with Crippen molar-refractivity contribution in [2.75, 3.05) is 4.90 Å². The molecule has 290 valence electrons. The van der Waals surface area contributed by atoms with Gasteiger partial charge in [0, 0.05) is 38.4 Å².